The lowest BCUT2D eigenvalue weighted by Gasteiger charge is -2.18. The molecule has 26 heavy (non-hydrogen) atoms. The Bertz CT molecular complexity index is 754. The fourth-order valence-electron chi connectivity index (χ4n) is 3.28. The predicted octanol–water partition coefficient (Wildman–Crippen LogP) is 1.17. The van der Waals surface area contributed by atoms with Gasteiger partial charge >= 0.3 is 0 Å². The molecule has 2 aliphatic rings. The number of nitrogens with one attached hydrogen (secondary N) is 3. The second-order valence-electron chi connectivity index (χ2n) is 6.79. The number of hydrogen-bond acceptors (Lipinski definition) is 7. The van der Waals surface area contributed by atoms with Gasteiger partial charge in [0.15, 0.2) is 17.0 Å². The van der Waals surface area contributed by atoms with Crippen molar-refractivity contribution in [3.05, 3.63) is 6.33 Å². The van der Waals surface area contributed by atoms with Gasteiger partial charge in [0.1, 0.15) is 6.17 Å². The lowest BCUT2D eigenvalue weighted by molar-refractivity contribution is 0.263. The molecular weight excluding hydrogens is 361 g/mol. The molecule has 0 amide bonds. The first kappa shape index (κ1) is 19.1. The van der Waals surface area contributed by atoms with Crippen molar-refractivity contribution in [3.8, 4) is 0 Å². The molecule has 2 aromatic rings. The number of aromatic nitrogens is 4. The first-order valence-corrected chi connectivity index (χ1v) is 8.91. The van der Waals surface area contributed by atoms with E-state index in [1.165, 1.54) is 0 Å². The molecule has 3 heterocycles. The molecular formula is C16H25ClFN7O. The van der Waals surface area contributed by atoms with Crippen molar-refractivity contribution in [1.29, 1.82) is 0 Å². The summed E-state index contributed by atoms with van der Waals surface area (Å²) in [6.07, 6.45) is 2.97. The van der Waals surface area contributed by atoms with Crippen LogP contribution in [0.5, 0.6) is 0 Å². The third-order valence-electron chi connectivity index (χ3n) is 4.97. The average Bonchev–Trinajstić information content (AvgIpc) is 3.26. The van der Waals surface area contributed by atoms with E-state index < -0.39 is 6.17 Å². The highest BCUT2D eigenvalue weighted by Gasteiger charge is 2.32. The van der Waals surface area contributed by atoms with Crippen LogP contribution in [0.4, 0.5) is 16.2 Å². The van der Waals surface area contributed by atoms with Crippen LogP contribution in [0.25, 0.3) is 11.2 Å². The summed E-state index contributed by atoms with van der Waals surface area (Å²) in [5, 5.41) is 19.0. The van der Waals surface area contributed by atoms with E-state index in [2.05, 4.69) is 30.9 Å². The van der Waals surface area contributed by atoms with E-state index in [1.807, 2.05) is 11.5 Å². The number of nitrogens with zero attached hydrogens (tertiary/aromatic N) is 4. The molecule has 0 radical (unpaired) electrons. The Balaban J connectivity index is 0.00000196. The largest absolute Gasteiger partial charge is 0.394 e. The molecule has 2 fully saturated rings. The molecule has 3 atom stereocenters. The molecule has 4 N–H and O–H groups in total. The van der Waals surface area contributed by atoms with Crippen LogP contribution in [-0.4, -0.2) is 62.6 Å². The highest BCUT2D eigenvalue weighted by molar-refractivity contribution is 5.85. The maximum Gasteiger partial charge on any atom is 0.227 e. The smallest absolute Gasteiger partial charge is 0.227 e. The minimum Gasteiger partial charge on any atom is -0.394 e. The summed E-state index contributed by atoms with van der Waals surface area (Å²) in [5.74, 6) is 1.44. The molecule has 0 aromatic carbocycles. The highest BCUT2D eigenvalue weighted by atomic mass is 35.5. The molecule has 10 heteroatoms. The van der Waals surface area contributed by atoms with Crippen molar-refractivity contribution in [2.45, 2.75) is 44.6 Å². The molecule has 0 spiro atoms. The van der Waals surface area contributed by atoms with Crippen molar-refractivity contribution in [3.63, 3.8) is 0 Å². The SMILES string of the molecule is CCn1cnc2c(NC3CNCC3F)nc(N[C@@H](CO)C3CC3)nc21.Cl. The number of hydrogen-bond donors (Lipinski definition) is 4. The number of halogens is 2. The number of alkyl halides is 1. The van der Waals surface area contributed by atoms with Gasteiger partial charge in [0.2, 0.25) is 5.95 Å². The molecule has 2 unspecified atom stereocenters. The van der Waals surface area contributed by atoms with E-state index in [-0.39, 0.29) is 31.1 Å². The maximum atomic E-state index is 14.0. The lowest BCUT2D eigenvalue weighted by atomic mass is 10.2. The molecule has 1 aliphatic heterocycles. The zero-order valence-electron chi connectivity index (χ0n) is 14.7. The third kappa shape index (κ3) is 3.70. The van der Waals surface area contributed by atoms with Gasteiger partial charge in [-0.25, -0.2) is 9.37 Å². The van der Waals surface area contributed by atoms with Crippen molar-refractivity contribution in [2.24, 2.45) is 5.92 Å². The number of imidazole rings is 1. The van der Waals surface area contributed by atoms with Gasteiger partial charge in [-0.1, -0.05) is 0 Å². The van der Waals surface area contributed by atoms with Crippen LogP contribution in [-0.2, 0) is 6.54 Å². The van der Waals surface area contributed by atoms with E-state index in [4.69, 9.17) is 0 Å². The van der Waals surface area contributed by atoms with E-state index in [0.29, 0.717) is 41.9 Å². The normalized spacial score (nSPS) is 23.7. The van der Waals surface area contributed by atoms with Gasteiger partial charge in [0.25, 0.3) is 0 Å². The molecule has 2 aromatic heterocycles. The summed E-state index contributed by atoms with van der Waals surface area (Å²) in [6, 6.07) is -0.389. The van der Waals surface area contributed by atoms with Crippen LogP contribution in [0.2, 0.25) is 0 Å². The number of fused-ring (bicyclic) bond motifs is 1. The number of anilines is 2. The Morgan fingerprint density at radius 2 is 2.19 bits per heavy atom. The maximum absolute atomic E-state index is 14.0. The zero-order chi connectivity index (χ0) is 17.4. The topological polar surface area (TPSA) is 99.9 Å². The average molecular weight is 386 g/mol. The monoisotopic (exact) mass is 385 g/mol. The summed E-state index contributed by atoms with van der Waals surface area (Å²) < 4.78 is 15.9. The summed E-state index contributed by atoms with van der Waals surface area (Å²) in [7, 11) is 0. The number of rotatable bonds is 7. The van der Waals surface area contributed by atoms with E-state index in [1.54, 1.807) is 6.33 Å². The van der Waals surface area contributed by atoms with Crippen LogP contribution in [0, 0.1) is 5.92 Å². The molecule has 0 bridgehead atoms. The lowest BCUT2D eigenvalue weighted by Crippen LogP contribution is -2.31. The highest BCUT2D eigenvalue weighted by Crippen LogP contribution is 2.34. The van der Waals surface area contributed by atoms with E-state index in [0.717, 1.165) is 19.4 Å². The Labute approximate surface area is 157 Å². The summed E-state index contributed by atoms with van der Waals surface area (Å²) in [6.45, 7) is 3.68. The Morgan fingerprint density at radius 1 is 1.38 bits per heavy atom. The number of aliphatic hydroxyl groups excluding tert-OH is 1. The quantitative estimate of drug-likeness (QED) is 0.567. The second kappa shape index (κ2) is 7.89. The molecule has 1 saturated carbocycles. The van der Waals surface area contributed by atoms with Gasteiger partial charge in [-0.3, -0.25) is 0 Å². The van der Waals surface area contributed by atoms with E-state index >= 15 is 0 Å². The Hall–Kier alpha value is -1.71. The van der Waals surface area contributed by atoms with Crippen LogP contribution >= 0.6 is 12.4 Å². The molecule has 144 valence electrons. The van der Waals surface area contributed by atoms with Crippen LogP contribution in [0.1, 0.15) is 19.8 Å². The first-order chi connectivity index (χ1) is 12.2. The van der Waals surface area contributed by atoms with Gasteiger partial charge < -0.3 is 25.6 Å². The first-order valence-electron chi connectivity index (χ1n) is 8.91. The van der Waals surface area contributed by atoms with Gasteiger partial charge in [-0.15, -0.1) is 12.4 Å². The molecule has 4 rings (SSSR count). The van der Waals surface area contributed by atoms with Crippen LogP contribution < -0.4 is 16.0 Å². The minimum absolute atomic E-state index is 0. The number of aryl methyl sites for hydroxylation is 1. The molecule has 1 aliphatic carbocycles. The standard InChI is InChI=1S/C16H24FN7O.ClH/c1-2-24-8-19-13-14(20-11-6-18-5-10(11)17)22-16(23-15(13)24)21-12(7-25)9-3-4-9;/h8-12,18,25H,2-7H2,1H3,(H2,20,21,22,23);1H/t10?,11?,12-;/m0./s1. The van der Waals surface area contributed by atoms with Crippen LogP contribution in [0.15, 0.2) is 6.33 Å². The Morgan fingerprint density at radius 3 is 2.81 bits per heavy atom. The zero-order valence-corrected chi connectivity index (χ0v) is 15.5. The van der Waals surface area contributed by atoms with Gasteiger partial charge in [-0.05, 0) is 25.7 Å². The van der Waals surface area contributed by atoms with Crippen molar-refractivity contribution < 1.29 is 9.50 Å². The predicted molar refractivity (Wildman–Crippen MR) is 101 cm³/mol. The minimum atomic E-state index is -0.966. The Kier molecular flexibility index (Phi) is 5.79. The van der Waals surface area contributed by atoms with Crippen molar-refractivity contribution in [1.82, 2.24) is 24.8 Å². The second-order valence-corrected chi connectivity index (χ2v) is 6.79. The summed E-state index contributed by atoms with van der Waals surface area (Å²) in [4.78, 5) is 13.5. The summed E-state index contributed by atoms with van der Waals surface area (Å²) >= 11 is 0. The molecule has 8 nitrogen and oxygen atoms in total. The molecule has 1 saturated heterocycles. The number of aliphatic hydroxyl groups is 1. The van der Waals surface area contributed by atoms with Crippen molar-refractivity contribution in [2.75, 3.05) is 30.3 Å². The van der Waals surface area contributed by atoms with Gasteiger partial charge in [0.05, 0.1) is 25.0 Å². The third-order valence-corrected chi connectivity index (χ3v) is 4.97. The van der Waals surface area contributed by atoms with Gasteiger partial charge in [0, 0.05) is 19.6 Å². The fraction of sp³-hybridized carbons (Fsp3) is 0.688. The fourth-order valence-corrected chi connectivity index (χ4v) is 3.28. The van der Waals surface area contributed by atoms with Crippen molar-refractivity contribution >= 4 is 35.3 Å². The summed E-state index contributed by atoms with van der Waals surface area (Å²) in [5.41, 5.74) is 1.34. The van der Waals surface area contributed by atoms with E-state index in [9.17, 15) is 9.50 Å². The van der Waals surface area contributed by atoms with Gasteiger partial charge in [-0.2, -0.15) is 9.97 Å². The van der Waals surface area contributed by atoms with Crippen LogP contribution in [0.3, 0.4) is 0 Å².